The highest BCUT2D eigenvalue weighted by atomic mass is 16.5. The Hall–Kier alpha value is -0.900. The molecule has 2 rings (SSSR count). The molecule has 1 saturated carbocycles. The minimum Gasteiger partial charge on any atom is -0.389 e. The topological polar surface area (TPSA) is 32.7 Å². The van der Waals surface area contributed by atoms with Gasteiger partial charge in [-0.15, -0.1) is 0 Å². The fourth-order valence-corrected chi connectivity index (χ4v) is 2.34. The Bertz CT molecular complexity index is 376. The average Bonchev–Trinajstić information content (AvgIpc) is 3.23. The molecule has 1 aromatic carbocycles. The van der Waals surface area contributed by atoms with Crippen molar-refractivity contribution in [2.75, 3.05) is 19.7 Å². The fraction of sp³-hybridized carbons (Fsp3) is 0.647. The van der Waals surface area contributed by atoms with Crippen LogP contribution in [0.5, 0.6) is 0 Å². The van der Waals surface area contributed by atoms with Crippen molar-refractivity contribution in [1.29, 1.82) is 0 Å². The van der Waals surface area contributed by atoms with Gasteiger partial charge in [0.05, 0.1) is 19.3 Å². The zero-order valence-electron chi connectivity index (χ0n) is 12.7. The molecule has 3 nitrogen and oxygen atoms in total. The van der Waals surface area contributed by atoms with E-state index in [0.717, 1.165) is 18.0 Å². The van der Waals surface area contributed by atoms with E-state index < -0.39 is 6.10 Å². The van der Waals surface area contributed by atoms with Gasteiger partial charge in [-0.1, -0.05) is 30.3 Å². The van der Waals surface area contributed by atoms with E-state index in [-0.39, 0.29) is 0 Å². The van der Waals surface area contributed by atoms with Crippen LogP contribution in [-0.2, 0) is 11.3 Å². The molecular weight excluding hydrogens is 250 g/mol. The third-order valence-electron chi connectivity index (χ3n) is 3.79. The van der Waals surface area contributed by atoms with Crippen molar-refractivity contribution in [3.05, 3.63) is 35.9 Å². The molecule has 0 spiro atoms. The molecule has 0 aliphatic heterocycles. The molecule has 1 unspecified atom stereocenters. The molecule has 1 aromatic rings. The second-order valence-electron chi connectivity index (χ2n) is 6.15. The van der Waals surface area contributed by atoms with E-state index >= 15 is 0 Å². The normalized spacial score (nSPS) is 16.9. The van der Waals surface area contributed by atoms with E-state index in [1.807, 2.05) is 30.3 Å². The lowest BCUT2D eigenvalue weighted by Crippen LogP contribution is -2.40. The molecule has 0 heterocycles. The Morgan fingerprint density at radius 3 is 2.55 bits per heavy atom. The molecule has 0 radical (unpaired) electrons. The number of rotatable bonds is 9. The first-order chi connectivity index (χ1) is 9.65. The third-order valence-corrected chi connectivity index (χ3v) is 3.79. The van der Waals surface area contributed by atoms with Gasteiger partial charge in [0.15, 0.2) is 0 Å². The van der Waals surface area contributed by atoms with Crippen LogP contribution in [0.4, 0.5) is 0 Å². The van der Waals surface area contributed by atoms with Gasteiger partial charge < -0.3 is 9.84 Å². The number of hydrogen-bond acceptors (Lipinski definition) is 3. The van der Waals surface area contributed by atoms with Gasteiger partial charge in [-0.3, -0.25) is 4.90 Å². The smallest absolute Gasteiger partial charge is 0.0900 e. The second kappa shape index (κ2) is 7.77. The van der Waals surface area contributed by atoms with Gasteiger partial charge in [0.25, 0.3) is 0 Å². The van der Waals surface area contributed by atoms with E-state index in [2.05, 4.69) is 18.7 Å². The lowest BCUT2D eigenvalue weighted by atomic mass is 10.2. The van der Waals surface area contributed by atoms with Crippen LogP contribution < -0.4 is 0 Å². The van der Waals surface area contributed by atoms with Crippen molar-refractivity contribution in [3.63, 3.8) is 0 Å². The summed E-state index contributed by atoms with van der Waals surface area (Å²) in [5.74, 6) is 0.856. The van der Waals surface area contributed by atoms with Crippen LogP contribution in [0.1, 0.15) is 32.3 Å². The molecule has 1 aliphatic rings. The highest BCUT2D eigenvalue weighted by Crippen LogP contribution is 2.30. The van der Waals surface area contributed by atoms with Crippen molar-refractivity contribution >= 4 is 0 Å². The van der Waals surface area contributed by atoms with Crippen LogP contribution in [0, 0.1) is 5.92 Å². The van der Waals surface area contributed by atoms with Gasteiger partial charge in [-0.05, 0) is 38.2 Å². The predicted octanol–water partition coefficient (Wildman–Crippen LogP) is 2.68. The maximum atomic E-state index is 10.1. The third kappa shape index (κ3) is 5.61. The zero-order chi connectivity index (χ0) is 14.4. The summed E-state index contributed by atoms with van der Waals surface area (Å²) in [4.78, 5) is 2.37. The van der Waals surface area contributed by atoms with Crippen LogP contribution in [0.3, 0.4) is 0 Å². The summed E-state index contributed by atoms with van der Waals surface area (Å²) in [6.07, 6.45) is 2.30. The van der Waals surface area contributed by atoms with Crippen molar-refractivity contribution < 1.29 is 9.84 Å². The largest absolute Gasteiger partial charge is 0.389 e. The van der Waals surface area contributed by atoms with Gasteiger partial charge in [-0.2, -0.15) is 0 Å². The van der Waals surface area contributed by atoms with Gasteiger partial charge in [0, 0.05) is 19.1 Å². The number of benzene rings is 1. The van der Waals surface area contributed by atoms with Crippen LogP contribution in [0.2, 0.25) is 0 Å². The summed E-state index contributed by atoms with van der Waals surface area (Å²) >= 11 is 0. The lowest BCUT2D eigenvalue weighted by molar-refractivity contribution is 0.00396. The Morgan fingerprint density at radius 1 is 1.25 bits per heavy atom. The molecule has 0 aromatic heterocycles. The summed E-state index contributed by atoms with van der Waals surface area (Å²) in [6, 6.07) is 10.6. The van der Waals surface area contributed by atoms with E-state index in [9.17, 15) is 5.11 Å². The zero-order valence-corrected chi connectivity index (χ0v) is 12.7. The highest BCUT2D eigenvalue weighted by Gasteiger charge is 2.26. The van der Waals surface area contributed by atoms with Crippen LogP contribution >= 0.6 is 0 Å². The lowest BCUT2D eigenvalue weighted by Gasteiger charge is -2.28. The molecule has 1 fully saturated rings. The molecular formula is C17H27NO2. The van der Waals surface area contributed by atoms with Gasteiger partial charge in [0.2, 0.25) is 0 Å². The summed E-state index contributed by atoms with van der Waals surface area (Å²) in [5, 5.41) is 10.1. The monoisotopic (exact) mass is 277 g/mol. The SMILES string of the molecule is CC(C)N(CC(O)COCc1ccccc1)CC1CC1. The van der Waals surface area contributed by atoms with Crippen molar-refractivity contribution in [2.24, 2.45) is 5.92 Å². The van der Waals surface area contributed by atoms with Gasteiger partial charge in [-0.25, -0.2) is 0 Å². The Kier molecular flexibility index (Phi) is 6.02. The predicted molar refractivity (Wildman–Crippen MR) is 81.5 cm³/mol. The average molecular weight is 277 g/mol. The molecule has 20 heavy (non-hydrogen) atoms. The van der Waals surface area contributed by atoms with E-state index in [1.54, 1.807) is 0 Å². The van der Waals surface area contributed by atoms with E-state index in [1.165, 1.54) is 12.8 Å². The second-order valence-corrected chi connectivity index (χ2v) is 6.15. The first-order valence-corrected chi connectivity index (χ1v) is 7.69. The summed E-state index contributed by atoms with van der Waals surface area (Å²) < 4.78 is 5.61. The van der Waals surface area contributed by atoms with Crippen molar-refractivity contribution in [2.45, 2.75) is 45.4 Å². The number of aliphatic hydroxyl groups is 1. The number of aliphatic hydroxyl groups excluding tert-OH is 1. The van der Waals surface area contributed by atoms with Gasteiger partial charge >= 0.3 is 0 Å². The van der Waals surface area contributed by atoms with Crippen molar-refractivity contribution in [1.82, 2.24) is 4.90 Å². The van der Waals surface area contributed by atoms with Crippen LogP contribution in [-0.4, -0.2) is 41.8 Å². The molecule has 1 aliphatic carbocycles. The minimum absolute atomic E-state index is 0.403. The summed E-state index contributed by atoms with van der Waals surface area (Å²) in [5.41, 5.74) is 1.15. The first kappa shape index (κ1) is 15.5. The molecule has 3 heteroatoms. The Labute approximate surface area is 122 Å². The van der Waals surface area contributed by atoms with Crippen molar-refractivity contribution in [3.8, 4) is 0 Å². The number of hydrogen-bond donors (Lipinski definition) is 1. The molecule has 1 N–H and O–H groups in total. The van der Waals surface area contributed by atoms with Gasteiger partial charge in [0.1, 0.15) is 0 Å². The van der Waals surface area contributed by atoms with Crippen LogP contribution in [0.25, 0.3) is 0 Å². The number of ether oxygens (including phenoxy) is 1. The Morgan fingerprint density at radius 2 is 1.95 bits per heavy atom. The number of nitrogens with zero attached hydrogens (tertiary/aromatic N) is 1. The first-order valence-electron chi connectivity index (χ1n) is 7.69. The van der Waals surface area contributed by atoms with Crippen LogP contribution in [0.15, 0.2) is 30.3 Å². The summed E-state index contributed by atoms with van der Waals surface area (Å²) in [7, 11) is 0. The maximum Gasteiger partial charge on any atom is 0.0900 e. The Balaban J connectivity index is 1.66. The standard InChI is InChI=1S/C17H27NO2/c1-14(2)18(10-15-8-9-15)11-17(19)13-20-12-16-6-4-3-5-7-16/h3-7,14-15,17,19H,8-13H2,1-2H3. The highest BCUT2D eigenvalue weighted by molar-refractivity contribution is 5.13. The summed E-state index contributed by atoms with van der Waals surface area (Å²) in [6.45, 7) is 7.20. The minimum atomic E-state index is -0.403. The quantitative estimate of drug-likeness (QED) is 0.753. The molecule has 0 saturated heterocycles. The van der Waals surface area contributed by atoms with E-state index in [0.29, 0.717) is 25.8 Å². The molecule has 0 bridgehead atoms. The van der Waals surface area contributed by atoms with E-state index in [4.69, 9.17) is 4.74 Å². The molecule has 1 atom stereocenters. The molecule has 112 valence electrons. The molecule has 0 amide bonds. The fourth-order valence-electron chi connectivity index (χ4n) is 2.34. The maximum absolute atomic E-state index is 10.1.